The number of carbonyl (C=O) groups excluding carboxylic acids is 2. The zero-order chi connectivity index (χ0) is 21.4. The molecule has 0 bridgehead atoms. The van der Waals surface area contributed by atoms with Gasteiger partial charge in [0.2, 0.25) is 0 Å². The molecule has 1 aromatic heterocycles. The van der Waals surface area contributed by atoms with Crippen LogP contribution in [-0.2, 0) is 4.79 Å². The van der Waals surface area contributed by atoms with E-state index in [0.29, 0.717) is 25.6 Å². The van der Waals surface area contributed by atoms with Crippen molar-refractivity contribution in [2.45, 2.75) is 25.0 Å². The fourth-order valence-electron chi connectivity index (χ4n) is 2.80. The molecule has 1 unspecified atom stereocenters. The minimum Gasteiger partial charge on any atom is -0.417 e. The van der Waals surface area contributed by atoms with Crippen LogP contribution in [0.15, 0.2) is 18.2 Å². The van der Waals surface area contributed by atoms with E-state index in [1.165, 1.54) is 0 Å². The van der Waals surface area contributed by atoms with E-state index in [-0.39, 0.29) is 16.9 Å². The van der Waals surface area contributed by atoms with Crippen molar-refractivity contribution >= 4 is 22.8 Å². The lowest BCUT2D eigenvalue weighted by Gasteiger charge is -2.12. The van der Waals surface area contributed by atoms with Gasteiger partial charge < -0.3 is 25.1 Å². The third-order valence-corrected chi connectivity index (χ3v) is 4.00. The number of benzene rings is 1. The minimum atomic E-state index is -5.38. The average Bonchev–Trinajstić information content (AvgIpc) is 3.20. The van der Waals surface area contributed by atoms with Gasteiger partial charge in [0.25, 0.3) is 5.91 Å². The number of halogens is 6. The maximum Gasteiger partial charge on any atom is 0.573 e. The molecule has 0 saturated carbocycles. The molecule has 1 atom stereocenters. The Labute approximate surface area is 158 Å². The van der Waals surface area contributed by atoms with Crippen LogP contribution in [0.25, 0.3) is 10.9 Å². The van der Waals surface area contributed by atoms with Crippen molar-refractivity contribution in [1.82, 2.24) is 15.6 Å². The summed E-state index contributed by atoms with van der Waals surface area (Å²) in [6, 6.07) is 2.34. The van der Waals surface area contributed by atoms with Crippen molar-refractivity contribution in [1.29, 1.82) is 0 Å². The molecule has 158 valence electrons. The van der Waals surface area contributed by atoms with E-state index >= 15 is 0 Å². The lowest BCUT2D eigenvalue weighted by atomic mass is 10.2. The summed E-state index contributed by atoms with van der Waals surface area (Å²) in [7, 11) is 0. The summed E-state index contributed by atoms with van der Waals surface area (Å²) in [5.74, 6) is -5.12. The Bertz CT molecular complexity index is 931. The Hall–Kier alpha value is -2.96. The van der Waals surface area contributed by atoms with Crippen molar-refractivity contribution < 1.29 is 45.4 Å². The molecule has 1 saturated heterocycles. The molecule has 3 rings (SSSR count). The van der Waals surface area contributed by atoms with Gasteiger partial charge in [0.1, 0.15) is 11.4 Å². The summed E-state index contributed by atoms with van der Waals surface area (Å²) >= 11 is 0. The standard InChI is InChI=1S/C16H13F6N3O4/c17-15(18,19)14(27)28-12-9-5-8(29-16(20,21)22)1-2-10(9)25-11(12)13(26)24-7-3-4-23-6-7/h1-2,5,7,23,25H,3-4,6H2,(H,24,26). The second-order valence-corrected chi connectivity index (χ2v) is 6.13. The van der Waals surface area contributed by atoms with Gasteiger partial charge in [-0.05, 0) is 31.2 Å². The number of aromatic nitrogens is 1. The number of amides is 1. The number of rotatable bonds is 4. The van der Waals surface area contributed by atoms with Gasteiger partial charge in [0.05, 0.1) is 5.52 Å². The van der Waals surface area contributed by atoms with Gasteiger partial charge in [-0.15, -0.1) is 13.2 Å². The number of alkyl halides is 6. The summed E-state index contributed by atoms with van der Waals surface area (Å²) < 4.78 is 83.3. The number of ether oxygens (including phenoxy) is 2. The van der Waals surface area contributed by atoms with E-state index in [1.54, 1.807) is 0 Å². The fourth-order valence-corrected chi connectivity index (χ4v) is 2.80. The summed E-state index contributed by atoms with van der Waals surface area (Å²) in [5.41, 5.74) is -0.562. The largest absolute Gasteiger partial charge is 0.573 e. The van der Waals surface area contributed by atoms with Gasteiger partial charge in [-0.2, -0.15) is 13.2 Å². The third-order valence-electron chi connectivity index (χ3n) is 4.00. The number of aromatic amines is 1. The van der Waals surface area contributed by atoms with Gasteiger partial charge in [0.15, 0.2) is 5.75 Å². The van der Waals surface area contributed by atoms with Crippen molar-refractivity contribution in [3.05, 3.63) is 23.9 Å². The molecule has 3 N–H and O–H groups in total. The number of carbonyl (C=O) groups is 2. The quantitative estimate of drug-likeness (QED) is 0.518. The highest BCUT2D eigenvalue weighted by atomic mass is 19.4. The van der Waals surface area contributed by atoms with Crippen molar-refractivity contribution in [2.75, 3.05) is 13.1 Å². The molecule has 0 aliphatic carbocycles. The smallest absolute Gasteiger partial charge is 0.417 e. The summed E-state index contributed by atoms with van der Waals surface area (Å²) in [6.07, 6.45) is -9.87. The first-order valence-corrected chi connectivity index (χ1v) is 8.16. The van der Waals surface area contributed by atoms with Crippen molar-refractivity contribution in [3.8, 4) is 11.5 Å². The summed E-state index contributed by atoms with van der Waals surface area (Å²) in [4.78, 5) is 26.2. The van der Waals surface area contributed by atoms with Gasteiger partial charge in [-0.25, -0.2) is 4.79 Å². The van der Waals surface area contributed by atoms with Gasteiger partial charge in [0, 0.05) is 18.0 Å². The molecule has 1 aromatic carbocycles. The highest BCUT2D eigenvalue weighted by molar-refractivity contribution is 6.05. The molecule has 0 radical (unpaired) electrons. The van der Waals surface area contributed by atoms with Crippen LogP contribution in [0, 0.1) is 0 Å². The number of hydrogen-bond acceptors (Lipinski definition) is 5. The monoisotopic (exact) mass is 425 g/mol. The average molecular weight is 425 g/mol. The summed E-state index contributed by atoms with van der Waals surface area (Å²) in [6.45, 7) is 1.04. The lowest BCUT2D eigenvalue weighted by Crippen LogP contribution is -2.37. The molecule has 1 amide bonds. The number of H-pyrrole nitrogens is 1. The first-order chi connectivity index (χ1) is 13.4. The van der Waals surface area contributed by atoms with Crippen LogP contribution in [0.1, 0.15) is 16.9 Å². The molecule has 0 spiro atoms. The minimum absolute atomic E-state index is 0.0285. The van der Waals surface area contributed by atoms with E-state index in [9.17, 15) is 35.9 Å². The Kier molecular flexibility index (Phi) is 5.34. The number of fused-ring (bicyclic) bond motifs is 1. The number of esters is 1. The van der Waals surface area contributed by atoms with Crippen LogP contribution in [0.3, 0.4) is 0 Å². The molecule has 7 nitrogen and oxygen atoms in total. The third kappa shape index (κ3) is 4.91. The first kappa shape index (κ1) is 20.8. The highest BCUT2D eigenvalue weighted by Gasteiger charge is 2.42. The normalized spacial score (nSPS) is 17.4. The lowest BCUT2D eigenvalue weighted by molar-refractivity contribution is -0.274. The van der Waals surface area contributed by atoms with Crippen molar-refractivity contribution in [2.24, 2.45) is 0 Å². The van der Waals surface area contributed by atoms with Crippen LogP contribution < -0.4 is 20.1 Å². The predicted octanol–water partition coefficient (Wildman–Crippen LogP) is 2.63. The molecule has 1 aliphatic rings. The van der Waals surface area contributed by atoms with Gasteiger partial charge >= 0.3 is 18.5 Å². The van der Waals surface area contributed by atoms with Crippen LogP contribution >= 0.6 is 0 Å². The maximum atomic E-state index is 12.6. The zero-order valence-electron chi connectivity index (χ0n) is 14.3. The van der Waals surface area contributed by atoms with Crippen LogP contribution in [0.4, 0.5) is 26.3 Å². The molecule has 2 heterocycles. The Morgan fingerprint density at radius 2 is 1.86 bits per heavy atom. The van der Waals surface area contributed by atoms with Crippen LogP contribution in [-0.4, -0.2) is 48.5 Å². The Balaban J connectivity index is 2.02. The van der Waals surface area contributed by atoms with Crippen LogP contribution in [0.5, 0.6) is 11.5 Å². The van der Waals surface area contributed by atoms with E-state index in [4.69, 9.17) is 0 Å². The fraction of sp³-hybridized carbons (Fsp3) is 0.375. The van der Waals surface area contributed by atoms with Gasteiger partial charge in [-0.1, -0.05) is 0 Å². The van der Waals surface area contributed by atoms with E-state index < -0.39 is 41.6 Å². The Morgan fingerprint density at radius 1 is 1.14 bits per heavy atom. The molecule has 1 fully saturated rings. The Morgan fingerprint density at radius 3 is 2.45 bits per heavy atom. The summed E-state index contributed by atoms with van der Waals surface area (Å²) in [5, 5.41) is 5.15. The zero-order valence-corrected chi connectivity index (χ0v) is 14.3. The highest BCUT2D eigenvalue weighted by Crippen LogP contribution is 2.36. The molecular formula is C16H13F6N3O4. The van der Waals surface area contributed by atoms with Crippen molar-refractivity contribution in [3.63, 3.8) is 0 Å². The predicted molar refractivity (Wildman–Crippen MR) is 85.4 cm³/mol. The van der Waals surface area contributed by atoms with E-state index in [1.807, 2.05) is 0 Å². The van der Waals surface area contributed by atoms with Crippen LogP contribution in [0.2, 0.25) is 0 Å². The number of nitrogens with one attached hydrogen (secondary N) is 3. The molecule has 13 heteroatoms. The topological polar surface area (TPSA) is 92.5 Å². The van der Waals surface area contributed by atoms with E-state index in [0.717, 1.165) is 12.1 Å². The molecule has 2 aromatic rings. The molecule has 29 heavy (non-hydrogen) atoms. The number of hydrogen-bond donors (Lipinski definition) is 3. The first-order valence-electron chi connectivity index (χ1n) is 8.16. The maximum absolute atomic E-state index is 12.6. The molecular weight excluding hydrogens is 412 g/mol. The van der Waals surface area contributed by atoms with E-state index in [2.05, 4.69) is 25.1 Å². The SMILES string of the molecule is O=C(NC1CCNC1)c1[nH]c2ccc(OC(F)(F)F)cc2c1OC(=O)C(F)(F)F. The second-order valence-electron chi connectivity index (χ2n) is 6.13. The molecule has 1 aliphatic heterocycles. The second kappa shape index (κ2) is 7.46. The van der Waals surface area contributed by atoms with Gasteiger partial charge in [-0.3, -0.25) is 4.79 Å².